The molecule has 1 aliphatic heterocycles. The molecule has 0 radical (unpaired) electrons. The van der Waals surface area contributed by atoms with Crippen LogP contribution in [0.5, 0.6) is 5.75 Å². The molecule has 0 aromatic heterocycles. The quantitative estimate of drug-likeness (QED) is 0.404. The Morgan fingerprint density at radius 3 is 2.60 bits per heavy atom. The number of rotatable bonds is 0. The van der Waals surface area contributed by atoms with Gasteiger partial charge in [0.25, 0.3) is 0 Å². The number of aryl methyl sites for hydroxylation is 1. The second-order valence-corrected chi connectivity index (χ2v) is 4.03. The molecule has 1 unspecified atom stereocenters. The topological polar surface area (TPSA) is 32.3 Å². The highest BCUT2D eigenvalue weighted by Gasteiger charge is 2.30. The Morgan fingerprint density at radius 2 is 2.00 bits per heavy atom. The lowest BCUT2D eigenvalue weighted by Crippen LogP contribution is -2.31. The van der Waals surface area contributed by atoms with Gasteiger partial charge in [0, 0.05) is 11.8 Å². The number of hydrogen-bond donors (Lipinski definition) is 2. The maximum Gasteiger partial charge on any atom is 0.220 e. The van der Waals surface area contributed by atoms with Gasteiger partial charge in [-0.05, 0) is 12.5 Å². The number of fused-ring (bicyclic) bond motifs is 1. The Hall–Kier alpha value is -0.825. The molecule has 0 amide bonds. The van der Waals surface area contributed by atoms with Crippen molar-refractivity contribution in [2.24, 2.45) is 0 Å². The maximum atomic E-state index is 9.47. The van der Waals surface area contributed by atoms with Crippen LogP contribution in [0.4, 0.5) is 5.69 Å². The lowest BCUT2D eigenvalue weighted by Gasteiger charge is -2.04. The van der Waals surface area contributed by atoms with Gasteiger partial charge < -0.3 is 10.4 Å². The van der Waals surface area contributed by atoms with E-state index in [0.717, 1.165) is 11.3 Å². The largest absolute Gasteiger partial charge is 0.508 e. The van der Waals surface area contributed by atoms with Crippen LogP contribution in [-0.4, -0.2) is 17.2 Å². The lowest BCUT2D eigenvalue weighted by molar-refractivity contribution is 0.471. The van der Waals surface area contributed by atoms with Gasteiger partial charge in [0.2, 0.25) is 6.71 Å². The number of phenols is 1. The highest BCUT2D eigenvalue weighted by atomic mass is 35.5. The van der Waals surface area contributed by atoms with E-state index in [1.54, 1.807) is 6.07 Å². The molecule has 2 nitrogen and oxygen atoms in total. The molecule has 82 valence electrons. The van der Waals surface area contributed by atoms with Crippen LogP contribution in [0.15, 0.2) is 12.1 Å². The van der Waals surface area contributed by atoms with E-state index in [0.29, 0.717) is 12.5 Å². The molecule has 0 saturated carbocycles. The van der Waals surface area contributed by atoms with Crippen molar-refractivity contribution in [1.82, 2.24) is 0 Å². The fourth-order valence-electron chi connectivity index (χ4n) is 1.65. The molecule has 0 fully saturated rings. The summed E-state index contributed by atoms with van der Waals surface area (Å²) < 4.78 is 0. The fraction of sp³-hybridized carbons (Fsp3) is 0.455. The summed E-state index contributed by atoms with van der Waals surface area (Å²) in [5, 5.41) is 12.5. The van der Waals surface area contributed by atoms with E-state index in [2.05, 4.69) is 12.1 Å². The highest BCUT2D eigenvalue weighted by Crippen LogP contribution is 2.26. The summed E-state index contributed by atoms with van der Waals surface area (Å²) in [6.45, 7) is 8.27. The Labute approximate surface area is 96.7 Å². The molecule has 1 heterocycles. The first-order valence-electron chi connectivity index (χ1n) is 5.33. The minimum absolute atomic E-state index is 0.0591. The van der Waals surface area contributed by atoms with Crippen LogP contribution in [-0.2, 0) is 0 Å². The van der Waals surface area contributed by atoms with Gasteiger partial charge in [-0.25, -0.2) is 0 Å². The summed E-state index contributed by atoms with van der Waals surface area (Å²) in [4.78, 5) is 0. The van der Waals surface area contributed by atoms with Crippen LogP contribution in [0.1, 0.15) is 19.4 Å². The second kappa shape index (κ2) is 4.80. The van der Waals surface area contributed by atoms with Crippen molar-refractivity contribution in [2.45, 2.75) is 33.0 Å². The highest BCUT2D eigenvalue weighted by molar-refractivity contribution is 6.83. The van der Waals surface area contributed by atoms with Gasteiger partial charge in [-0.3, -0.25) is 0 Å². The molecule has 2 rings (SSSR count). The predicted octanol–water partition coefficient (Wildman–Crippen LogP) is 2.59. The van der Waals surface area contributed by atoms with Gasteiger partial charge in [-0.2, -0.15) is 0 Å². The number of alkyl halides is 1. The van der Waals surface area contributed by atoms with Crippen molar-refractivity contribution in [3.63, 3.8) is 0 Å². The van der Waals surface area contributed by atoms with E-state index in [4.69, 9.17) is 11.6 Å². The minimum Gasteiger partial charge on any atom is -0.508 e. The summed E-state index contributed by atoms with van der Waals surface area (Å²) in [6, 6.07) is 3.73. The molecule has 4 heteroatoms. The van der Waals surface area contributed by atoms with E-state index >= 15 is 0 Å². The molecule has 1 aromatic rings. The average Bonchev–Trinajstić information content (AvgIpc) is 2.49. The Balaban J connectivity index is 0.000000531. The van der Waals surface area contributed by atoms with E-state index < -0.39 is 0 Å². The number of phenolic OH excluding ortho intramolecular Hbond substituents is 1. The second-order valence-electron chi connectivity index (χ2n) is 3.56. The zero-order chi connectivity index (χ0) is 11.6. The first-order valence-corrected chi connectivity index (χ1v) is 5.77. The molecule has 0 aliphatic carbocycles. The predicted molar refractivity (Wildman–Crippen MR) is 68.7 cm³/mol. The maximum absolute atomic E-state index is 9.47. The van der Waals surface area contributed by atoms with Crippen LogP contribution in [0.2, 0.25) is 6.82 Å². The third-order valence-corrected chi connectivity index (χ3v) is 3.08. The number of anilines is 1. The van der Waals surface area contributed by atoms with E-state index in [9.17, 15) is 5.11 Å². The number of benzene rings is 1. The van der Waals surface area contributed by atoms with E-state index in [-0.39, 0.29) is 5.40 Å². The van der Waals surface area contributed by atoms with Gasteiger partial charge in [0.15, 0.2) is 0 Å². The van der Waals surface area contributed by atoms with Crippen molar-refractivity contribution in [3.8, 4) is 5.75 Å². The minimum atomic E-state index is -0.0591. The molecule has 2 N–H and O–H groups in total. The SMILES string of the molecule is CB1c2cc(C)c(O)cc2NC1Cl.CC. The summed E-state index contributed by atoms with van der Waals surface area (Å²) in [5.74, 6) is 0.323. The molecule has 1 atom stereocenters. The molecule has 0 spiro atoms. The third kappa shape index (κ3) is 2.23. The summed E-state index contributed by atoms with van der Waals surface area (Å²) in [7, 11) is 0. The first-order chi connectivity index (χ1) is 7.09. The van der Waals surface area contributed by atoms with Crippen LogP contribution in [0.25, 0.3) is 0 Å². The third-order valence-electron chi connectivity index (χ3n) is 2.59. The molecule has 0 bridgehead atoms. The van der Waals surface area contributed by atoms with Crippen molar-refractivity contribution >= 4 is 29.5 Å². The van der Waals surface area contributed by atoms with Crippen molar-refractivity contribution in [2.75, 3.05) is 5.32 Å². The van der Waals surface area contributed by atoms with Crippen molar-refractivity contribution in [1.29, 1.82) is 0 Å². The zero-order valence-corrected chi connectivity index (χ0v) is 10.4. The summed E-state index contributed by atoms with van der Waals surface area (Å²) in [6.07, 6.45) is 0. The molecule has 1 aliphatic rings. The number of nitrogens with one attached hydrogen (secondary N) is 1. The molecule has 15 heavy (non-hydrogen) atoms. The van der Waals surface area contributed by atoms with Crippen molar-refractivity contribution < 1.29 is 5.11 Å². The van der Waals surface area contributed by atoms with Gasteiger partial charge >= 0.3 is 0 Å². The summed E-state index contributed by atoms with van der Waals surface area (Å²) in [5.41, 5.74) is 3.05. The fourth-order valence-corrected chi connectivity index (χ4v) is 1.91. The number of hydrogen-bond acceptors (Lipinski definition) is 2. The number of halogens is 1. The first kappa shape index (κ1) is 12.2. The van der Waals surface area contributed by atoms with Gasteiger partial charge in [-0.1, -0.05) is 32.2 Å². The molecular weight excluding hydrogens is 208 g/mol. The van der Waals surface area contributed by atoms with E-state index in [1.165, 1.54) is 5.46 Å². The molecule has 0 saturated heterocycles. The summed E-state index contributed by atoms with van der Waals surface area (Å²) >= 11 is 6.04. The normalized spacial score (nSPS) is 17.7. The van der Waals surface area contributed by atoms with Crippen LogP contribution < -0.4 is 10.8 Å². The van der Waals surface area contributed by atoms with Crippen LogP contribution in [0, 0.1) is 6.92 Å². The number of aromatic hydroxyl groups is 1. The van der Waals surface area contributed by atoms with Gasteiger partial charge in [-0.15, -0.1) is 11.6 Å². The lowest BCUT2D eigenvalue weighted by atomic mass is 9.48. The average molecular weight is 226 g/mol. The monoisotopic (exact) mass is 225 g/mol. The van der Waals surface area contributed by atoms with Crippen LogP contribution in [0.3, 0.4) is 0 Å². The zero-order valence-electron chi connectivity index (χ0n) is 9.63. The van der Waals surface area contributed by atoms with Gasteiger partial charge in [0.05, 0.1) is 5.40 Å². The standard InChI is InChI=1S/C9H11BClNO.C2H6/c1-5-3-6-7(4-8(5)13)12-9(11)10(6)2;1-2/h3-4,9,12-13H,1-2H3;1-2H3. The van der Waals surface area contributed by atoms with Crippen molar-refractivity contribution in [3.05, 3.63) is 17.7 Å². The molecule has 1 aromatic carbocycles. The Kier molecular flexibility index (Phi) is 3.92. The van der Waals surface area contributed by atoms with E-state index in [1.807, 2.05) is 26.8 Å². The Bertz CT molecular complexity index is 357. The Morgan fingerprint density at radius 1 is 1.40 bits per heavy atom. The van der Waals surface area contributed by atoms with Gasteiger partial charge in [0.1, 0.15) is 5.75 Å². The van der Waals surface area contributed by atoms with Crippen LogP contribution >= 0.6 is 11.6 Å². The molecular formula is C11H17BClNO. The smallest absolute Gasteiger partial charge is 0.220 e.